The van der Waals surface area contributed by atoms with Gasteiger partial charge in [0.15, 0.2) is 0 Å². The van der Waals surface area contributed by atoms with Crippen molar-refractivity contribution in [2.45, 2.75) is 32.3 Å². The van der Waals surface area contributed by atoms with E-state index in [-0.39, 0.29) is 12.3 Å². The van der Waals surface area contributed by atoms with Gasteiger partial charge >= 0.3 is 5.97 Å². The lowest BCUT2D eigenvalue weighted by atomic mass is 9.92. The van der Waals surface area contributed by atoms with Crippen LogP contribution in [0.1, 0.15) is 40.2 Å². The van der Waals surface area contributed by atoms with Crippen LogP contribution < -0.4 is 4.74 Å². The zero-order valence-electron chi connectivity index (χ0n) is 11.7. The quantitative estimate of drug-likeness (QED) is 0.935. The van der Waals surface area contributed by atoms with Crippen molar-refractivity contribution in [2.24, 2.45) is 0 Å². The lowest BCUT2D eigenvalue weighted by Gasteiger charge is -2.16. The Morgan fingerprint density at radius 3 is 2.76 bits per heavy atom. The van der Waals surface area contributed by atoms with Crippen LogP contribution in [-0.4, -0.2) is 16.1 Å². The lowest BCUT2D eigenvalue weighted by Crippen LogP contribution is -2.06. The number of carboxylic acid groups (broad SMARTS) is 1. The fourth-order valence-corrected chi connectivity index (χ4v) is 2.64. The molecule has 0 fully saturated rings. The number of benzene rings is 1. The van der Waals surface area contributed by atoms with Crippen LogP contribution in [0.4, 0.5) is 0 Å². The maximum atomic E-state index is 10.9. The number of carboxylic acids is 1. The van der Waals surface area contributed by atoms with Crippen molar-refractivity contribution in [3.05, 3.63) is 58.9 Å². The SMILES string of the molecule is O=C(O)c1cccc(COc2ccc3c(c2)CCCC3)n1. The van der Waals surface area contributed by atoms with Crippen LogP contribution in [0, 0.1) is 0 Å². The maximum Gasteiger partial charge on any atom is 0.354 e. The molecule has 1 heterocycles. The van der Waals surface area contributed by atoms with Crippen molar-refractivity contribution in [1.82, 2.24) is 4.98 Å². The number of ether oxygens (including phenoxy) is 1. The molecule has 1 aliphatic rings. The molecule has 1 aromatic carbocycles. The van der Waals surface area contributed by atoms with Gasteiger partial charge in [0.25, 0.3) is 0 Å². The number of hydrogen-bond donors (Lipinski definition) is 1. The predicted octanol–water partition coefficient (Wildman–Crippen LogP) is 3.24. The zero-order valence-corrected chi connectivity index (χ0v) is 11.7. The third kappa shape index (κ3) is 3.21. The molecule has 4 nitrogen and oxygen atoms in total. The summed E-state index contributed by atoms with van der Waals surface area (Å²) in [6, 6.07) is 11.1. The molecule has 0 saturated heterocycles. The van der Waals surface area contributed by atoms with E-state index in [1.807, 2.05) is 6.07 Å². The number of hydrogen-bond acceptors (Lipinski definition) is 3. The highest BCUT2D eigenvalue weighted by Crippen LogP contribution is 2.25. The number of carbonyl (C=O) groups is 1. The van der Waals surface area contributed by atoms with E-state index in [9.17, 15) is 4.79 Å². The first-order valence-electron chi connectivity index (χ1n) is 7.16. The van der Waals surface area contributed by atoms with Crippen molar-refractivity contribution in [3.8, 4) is 5.75 Å². The highest BCUT2D eigenvalue weighted by atomic mass is 16.5. The molecule has 4 heteroatoms. The monoisotopic (exact) mass is 283 g/mol. The molecule has 21 heavy (non-hydrogen) atoms. The first-order valence-corrected chi connectivity index (χ1v) is 7.16. The van der Waals surface area contributed by atoms with Crippen molar-refractivity contribution in [1.29, 1.82) is 0 Å². The van der Waals surface area contributed by atoms with Crippen LogP contribution in [0.15, 0.2) is 36.4 Å². The molecule has 1 aromatic heterocycles. The molecule has 0 amide bonds. The fourth-order valence-electron chi connectivity index (χ4n) is 2.64. The van der Waals surface area contributed by atoms with Crippen LogP contribution in [-0.2, 0) is 19.4 Å². The molecule has 0 radical (unpaired) electrons. The Morgan fingerprint density at radius 1 is 1.14 bits per heavy atom. The molecule has 1 N–H and O–H groups in total. The van der Waals surface area contributed by atoms with Gasteiger partial charge in [-0.3, -0.25) is 0 Å². The van der Waals surface area contributed by atoms with Gasteiger partial charge in [0, 0.05) is 0 Å². The molecule has 1 aliphatic carbocycles. The second-order valence-electron chi connectivity index (χ2n) is 5.25. The third-order valence-electron chi connectivity index (χ3n) is 3.73. The Labute approximate surface area is 123 Å². The van der Waals surface area contributed by atoms with Crippen molar-refractivity contribution >= 4 is 5.97 Å². The summed E-state index contributed by atoms with van der Waals surface area (Å²) in [7, 11) is 0. The van der Waals surface area contributed by atoms with Gasteiger partial charge in [0.1, 0.15) is 18.1 Å². The number of aromatic carboxylic acids is 1. The lowest BCUT2D eigenvalue weighted by molar-refractivity contribution is 0.0690. The van der Waals surface area contributed by atoms with Crippen LogP contribution in [0.25, 0.3) is 0 Å². The first kappa shape index (κ1) is 13.6. The summed E-state index contributed by atoms with van der Waals surface area (Å²) in [5.74, 6) is -0.205. The van der Waals surface area contributed by atoms with Gasteiger partial charge in [0.05, 0.1) is 5.69 Å². The number of pyridine rings is 1. The molecule has 0 saturated carbocycles. The Hall–Kier alpha value is -2.36. The highest BCUT2D eigenvalue weighted by Gasteiger charge is 2.10. The molecule has 3 rings (SSSR count). The van der Waals surface area contributed by atoms with E-state index in [0.717, 1.165) is 18.6 Å². The van der Waals surface area contributed by atoms with E-state index in [2.05, 4.69) is 17.1 Å². The van der Waals surface area contributed by atoms with Crippen LogP contribution in [0.2, 0.25) is 0 Å². The number of nitrogens with zero attached hydrogens (tertiary/aromatic N) is 1. The number of fused-ring (bicyclic) bond motifs is 1. The van der Waals surface area contributed by atoms with Gasteiger partial charge in [-0.25, -0.2) is 9.78 Å². The van der Waals surface area contributed by atoms with Crippen molar-refractivity contribution in [3.63, 3.8) is 0 Å². The maximum absolute atomic E-state index is 10.9. The van der Waals surface area contributed by atoms with Crippen LogP contribution in [0.5, 0.6) is 5.75 Å². The van der Waals surface area contributed by atoms with Crippen molar-refractivity contribution < 1.29 is 14.6 Å². The number of rotatable bonds is 4. The first-order chi connectivity index (χ1) is 10.2. The summed E-state index contributed by atoms with van der Waals surface area (Å²) in [6.45, 7) is 0.278. The topological polar surface area (TPSA) is 59.4 Å². The van der Waals surface area contributed by atoms with Gasteiger partial charge in [-0.15, -0.1) is 0 Å². The Morgan fingerprint density at radius 2 is 1.95 bits per heavy atom. The molecule has 108 valence electrons. The van der Waals surface area contributed by atoms with Crippen LogP contribution >= 0.6 is 0 Å². The van der Waals surface area contributed by atoms with E-state index in [1.54, 1.807) is 12.1 Å². The van der Waals surface area contributed by atoms with Crippen LogP contribution in [0.3, 0.4) is 0 Å². The summed E-state index contributed by atoms with van der Waals surface area (Å²) in [4.78, 5) is 14.9. The van der Waals surface area contributed by atoms with E-state index >= 15 is 0 Å². The summed E-state index contributed by atoms with van der Waals surface area (Å²) >= 11 is 0. The average Bonchev–Trinajstić information content (AvgIpc) is 2.53. The minimum absolute atomic E-state index is 0.0431. The van der Waals surface area contributed by atoms with E-state index in [1.165, 1.54) is 30.0 Å². The molecule has 2 aromatic rings. The van der Waals surface area contributed by atoms with E-state index in [4.69, 9.17) is 9.84 Å². The number of aromatic nitrogens is 1. The second-order valence-corrected chi connectivity index (χ2v) is 5.25. The molecular weight excluding hydrogens is 266 g/mol. The van der Waals surface area contributed by atoms with Gasteiger partial charge in [-0.2, -0.15) is 0 Å². The smallest absolute Gasteiger partial charge is 0.354 e. The summed E-state index contributed by atoms with van der Waals surface area (Å²) in [5.41, 5.74) is 3.44. The second kappa shape index (κ2) is 5.95. The normalized spacial score (nSPS) is 13.5. The molecule has 0 atom stereocenters. The van der Waals surface area contributed by atoms with Gasteiger partial charge in [-0.05, 0) is 61.1 Å². The Bertz CT molecular complexity index is 667. The van der Waals surface area contributed by atoms with Gasteiger partial charge in [-0.1, -0.05) is 12.1 Å². The molecule has 0 unspecified atom stereocenters. The van der Waals surface area contributed by atoms with Gasteiger partial charge < -0.3 is 9.84 Å². The summed E-state index contributed by atoms with van der Waals surface area (Å²) in [6.07, 6.45) is 4.76. The van der Waals surface area contributed by atoms with Crippen molar-refractivity contribution in [2.75, 3.05) is 0 Å². The third-order valence-corrected chi connectivity index (χ3v) is 3.73. The standard InChI is InChI=1S/C17H17NO3/c19-17(20)16-7-3-6-14(18-16)11-21-15-9-8-12-4-1-2-5-13(12)10-15/h3,6-10H,1-2,4-5,11H2,(H,19,20). The minimum atomic E-state index is -1.02. The average molecular weight is 283 g/mol. The Balaban J connectivity index is 1.70. The number of aryl methyl sites for hydroxylation is 2. The summed E-state index contributed by atoms with van der Waals surface area (Å²) < 4.78 is 5.74. The van der Waals surface area contributed by atoms with Gasteiger partial charge in [0.2, 0.25) is 0 Å². The zero-order chi connectivity index (χ0) is 14.7. The molecular formula is C17H17NO3. The fraction of sp³-hybridized carbons (Fsp3) is 0.294. The molecule has 0 bridgehead atoms. The van der Waals surface area contributed by atoms with E-state index in [0.29, 0.717) is 5.69 Å². The highest BCUT2D eigenvalue weighted by molar-refractivity contribution is 5.85. The summed E-state index contributed by atoms with van der Waals surface area (Å²) in [5, 5.41) is 8.92. The molecule has 0 aliphatic heterocycles. The molecule has 0 spiro atoms. The van der Waals surface area contributed by atoms with E-state index < -0.39 is 5.97 Å². The Kier molecular flexibility index (Phi) is 3.86. The largest absolute Gasteiger partial charge is 0.487 e. The minimum Gasteiger partial charge on any atom is -0.487 e. The predicted molar refractivity (Wildman–Crippen MR) is 78.6 cm³/mol.